The average molecular weight is 391 g/mol. The number of aryl methyl sites for hydroxylation is 1. The van der Waals surface area contributed by atoms with Gasteiger partial charge in [0.2, 0.25) is 5.91 Å². The molecule has 1 amide bonds. The fourth-order valence-corrected chi connectivity index (χ4v) is 3.85. The highest BCUT2D eigenvalue weighted by molar-refractivity contribution is 5.76. The molecular weight excluding hydrogens is 366 g/mol. The van der Waals surface area contributed by atoms with E-state index < -0.39 is 0 Å². The SMILES string of the molecule is COc1cccc(CCC(=O)N2CCCC(c3nnnn3-c3ccccc3)C2)c1. The molecule has 0 saturated carbocycles. The largest absolute Gasteiger partial charge is 0.497 e. The van der Waals surface area contributed by atoms with Crippen LogP contribution < -0.4 is 4.74 Å². The second-order valence-electron chi connectivity index (χ2n) is 7.31. The Morgan fingerprint density at radius 1 is 1.17 bits per heavy atom. The smallest absolute Gasteiger partial charge is 0.222 e. The molecule has 1 atom stereocenters. The normalized spacial score (nSPS) is 16.6. The summed E-state index contributed by atoms with van der Waals surface area (Å²) in [7, 11) is 1.65. The second-order valence-corrected chi connectivity index (χ2v) is 7.31. The van der Waals surface area contributed by atoms with Crippen molar-refractivity contribution in [2.24, 2.45) is 0 Å². The van der Waals surface area contributed by atoms with Crippen molar-refractivity contribution in [1.82, 2.24) is 25.1 Å². The number of hydrogen-bond donors (Lipinski definition) is 0. The van der Waals surface area contributed by atoms with Gasteiger partial charge in [0, 0.05) is 25.4 Å². The van der Waals surface area contributed by atoms with E-state index >= 15 is 0 Å². The van der Waals surface area contributed by atoms with E-state index in [2.05, 4.69) is 15.5 Å². The number of piperidine rings is 1. The van der Waals surface area contributed by atoms with Gasteiger partial charge in [-0.25, -0.2) is 0 Å². The molecule has 0 aliphatic carbocycles. The van der Waals surface area contributed by atoms with E-state index in [1.54, 1.807) is 11.8 Å². The number of carbonyl (C=O) groups excluding carboxylic acids is 1. The van der Waals surface area contributed by atoms with Crippen LogP contribution in [0.2, 0.25) is 0 Å². The number of methoxy groups -OCH3 is 1. The van der Waals surface area contributed by atoms with Gasteiger partial charge in [-0.15, -0.1) is 5.10 Å². The van der Waals surface area contributed by atoms with Gasteiger partial charge in [0.15, 0.2) is 5.82 Å². The van der Waals surface area contributed by atoms with E-state index in [1.165, 1.54) is 0 Å². The van der Waals surface area contributed by atoms with Crippen LogP contribution in [0.25, 0.3) is 5.69 Å². The third kappa shape index (κ3) is 4.45. The van der Waals surface area contributed by atoms with Gasteiger partial charge in [0.25, 0.3) is 0 Å². The fourth-order valence-electron chi connectivity index (χ4n) is 3.85. The van der Waals surface area contributed by atoms with Crippen LogP contribution >= 0.6 is 0 Å². The monoisotopic (exact) mass is 391 g/mol. The number of amides is 1. The Morgan fingerprint density at radius 2 is 2.03 bits per heavy atom. The molecule has 7 nitrogen and oxygen atoms in total. The molecule has 1 aliphatic heterocycles. The number of aromatic nitrogens is 4. The summed E-state index contributed by atoms with van der Waals surface area (Å²) in [5.41, 5.74) is 2.05. The molecule has 29 heavy (non-hydrogen) atoms. The standard InChI is InChI=1S/C22H25N5O2/c1-29-20-11-5-7-17(15-20)12-13-21(28)26-14-6-8-18(16-26)22-23-24-25-27(22)19-9-3-2-4-10-19/h2-5,7,9-11,15,18H,6,8,12-14,16H2,1H3. The number of benzene rings is 2. The first kappa shape index (κ1) is 19.1. The number of likely N-dealkylation sites (tertiary alicyclic amines) is 1. The molecule has 2 heterocycles. The molecule has 1 saturated heterocycles. The predicted octanol–water partition coefficient (Wildman–Crippen LogP) is 3.01. The van der Waals surface area contributed by atoms with Gasteiger partial charge in [-0.1, -0.05) is 30.3 Å². The van der Waals surface area contributed by atoms with Crippen molar-refractivity contribution >= 4 is 5.91 Å². The molecule has 0 spiro atoms. The maximum absolute atomic E-state index is 12.8. The summed E-state index contributed by atoms with van der Waals surface area (Å²) in [5, 5.41) is 12.3. The molecule has 7 heteroatoms. The Hall–Kier alpha value is -3.22. The van der Waals surface area contributed by atoms with E-state index in [4.69, 9.17) is 4.74 Å². The van der Waals surface area contributed by atoms with Crippen LogP contribution in [-0.2, 0) is 11.2 Å². The summed E-state index contributed by atoms with van der Waals surface area (Å²) in [5.74, 6) is 1.96. The minimum Gasteiger partial charge on any atom is -0.497 e. The lowest BCUT2D eigenvalue weighted by molar-refractivity contribution is -0.132. The molecule has 4 rings (SSSR count). The first-order valence-corrected chi connectivity index (χ1v) is 9.99. The minimum absolute atomic E-state index is 0.139. The van der Waals surface area contributed by atoms with E-state index in [-0.39, 0.29) is 11.8 Å². The van der Waals surface area contributed by atoms with Crippen LogP contribution in [0.3, 0.4) is 0 Å². The number of ether oxygens (including phenoxy) is 1. The number of tetrazole rings is 1. The molecule has 1 aromatic heterocycles. The Labute approximate surface area is 170 Å². The van der Waals surface area contributed by atoms with Crippen molar-refractivity contribution in [1.29, 1.82) is 0 Å². The topological polar surface area (TPSA) is 73.1 Å². The lowest BCUT2D eigenvalue weighted by Gasteiger charge is -2.32. The van der Waals surface area contributed by atoms with E-state index in [0.29, 0.717) is 19.4 Å². The summed E-state index contributed by atoms with van der Waals surface area (Å²) in [6, 6.07) is 17.8. The number of para-hydroxylation sites is 1. The number of hydrogen-bond acceptors (Lipinski definition) is 5. The van der Waals surface area contributed by atoms with E-state index in [1.807, 2.05) is 59.5 Å². The molecule has 3 aromatic rings. The van der Waals surface area contributed by atoms with Gasteiger partial charge < -0.3 is 9.64 Å². The first-order chi connectivity index (χ1) is 14.2. The lowest BCUT2D eigenvalue weighted by Crippen LogP contribution is -2.39. The lowest BCUT2D eigenvalue weighted by atomic mass is 9.96. The van der Waals surface area contributed by atoms with Crippen molar-refractivity contribution in [2.75, 3.05) is 20.2 Å². The highest BCUT2D eigenvalue weighted by atomic mass is 16.5. The van der Waals surface area contributed by atoms with E-state index in [0.717, 1.165) is 42.2 Å². The van der Waals surface area contributed by atoms with Gasteiger partial charge in [0.05, 0.1) is 12.8 Å². The van der Waals surface area contributed by atoms with Gasteiger partial charge in [0.1, 0.15) is 5.75 Å². The minimum atomic E-state index is 0.139. The van der Waals surface area contributed by atoms with E-state index in [9.17, 15) is 4.79 Å². The quantitative estimate of drug-likeness (QED) is 0.646. The fraction of sp³-hybridized carbons (Fsp3) is 0.364. The predicted molar refractivity (Wildman–Crippen MR) is 109 cm³/mol. The molecular formula is C22H25N5O2. The van der Waals surface area contributed by atoms with Crippen LogP contribution in [0.1, 0.15) is 36.6 Å². The third-order valence-electron chi connectivity index (χ3n) is 5.40. The zero-order valence-electron chi connectivity index (χ0n) is 16.6. The second kappa shape index (κ2) is 8.86. The Bertz CT molecular complexity index is 957. The Balaban J connectivity index is 1.41. The van der Waals surface area contributed by atoms with Crippen LogP contribution in [-0.4, -0.2) is 51.2 Å². The molecule has 0 N–H and O–H groups in total. The molecule has 2 aromatic carbocycles. The summed E-state index contributed by atoms with van der Waals surface area (Å²) in [4.78, 5) is 14.8. The molecule has 1 aliphatic rings. The first-order valence-electron chi connectivity index (χ1n) is 9.99. The number of rotatable bonds is 6. The Kier molecular flexibility index (Phi) is 5.84. The highest BCUT2D eigenvalue weighted by Gasteiger charge is 2.28. The number of nitrogens with zero attached hydrogens (tertiary/aromatic N) is 5. The zero-order chi connectivity index (χ0) is 20.1. The van der Waals surface area contributed by atoms with Crippen LogP contribution in [0.15, 0.2) is 54.6 Å². The number of carbonyl (C=O) groups is 1. The summed E-state index contributed by atoms with van der Waals surface area (Å²) in [6.07, 6.45) is 3.13. The van der Waals surface area contributed by atoms with Gasteiger partial charge >= 0.3 is 0 Å². The zero-order valence-corrected chi connectivity index (χ0v) is 16.6. The van der Waals surface area contributed by atoms with Crippen molar-refractivity contribution < 1.29 is 9.53 Å². The average Bonchev–Trinajstić information content (AvgIpc) is 3.28. The molecule has 150 valence electrons. The van der Waals surface area contributed by atoms with Crippen molar-refractivity contribution in [3.63, 3.8) is 0 Å². The molecule has 0 radical (unpaired) electrons. The van der Waals surface area contributed by atoms with Crippen LogP contribution in [0.5, 0.6) is 5.75 Å². The third-order valence-corrected chi connectivity index (χ3v) is 5.40. The van der Waals surface area contributed by atoms with Gasteiger partial charge in [-0.3, -0.25) is 4.79 Å². The van der Waals surface area contributed by atoms with Crippen LogP contribution in [0, 0.1) is 0 Å². The summed E-state index contributed by atoms with van der Waals surface area (Å²) in [6.45, 7) is 1.45. The Morgan fingerprint density at radius 3 is 2.86 bits per heavy atom. The molecule has 1 fully saturated rings. The maximum Gasteiger partial charge on any atom is 0.222 e. The van der Waals surface area contributed by atoms with Crippen molar-refractivity contribution in [3.05, 3.63) is 66.0 Å². The summed E-state index contributed by atoms with van der Waals surface area (Å²) >= 11 is 0. The van der Waals surface area contributed by atoms with Gasteiger partial charge in [-0.2, -0.15) is 4.68 Å². The maximum atomic E-state index is 12.8. The summed E-state index contributed by atoms with van der Waals surface area (Å²) < 4.78 is 7.05. The highest BCUT2D eigenvalue weighted by Crippen LogP contribution is 2.27. The van der Waals surface area contributed by atoms with Crippen molar-refractivity contribution in [3.8, 4) is 11.4 Å². The molecule has 1 unspecified atom stereocenters. The van der Waals surface area contributed by atoms with Gasteiger partial charge in [-0.05, 0) is 59.5 Å². The van der Waals surface area contributed by atoms with Crippen LogP contribution in [0.4, 0.5) is 0 Å². The van der Waals surface area contributed by atoms with Crippen molar-refractivity contribution in [2.45, 2.75) is 31.6 Å². The molecule has 0 bridgehead atoms.